The Morgan fingerprint density at radius 1 is 0.894 bits per heavy atom. The van der Waals surface area contributed by atoms with Gasteiger partial charge in [-0.05, 0) is 89.9 Å². The van der Waals surface area contributed by atoms with Crippen LogP contribution >= 0.6 is 11.6 Å². The highest BCUT2D eigenvalue weighted by Gasteiger charge is 2.23. The first-order valence-electron chi connectivity index (χ1n) is 15.9. The lowest BCUT2D eigenvalue weighted by Crippen LogP contribution is -2.48. The van der Waals surface area contributed by atoms with E-state index in [4.69, 9.17) is 26.1 Å². The first-order valence-corrected chi connectivity index (χ1v) is 16.3. The molecule has 1 aliphatic rings. The summed E-state index contributed by atoms with van der Waals surface area (Å²) in [7, 11) is 0. The van der Waals surface area contributed by atoms with Crippen molar-refractivity contribution in [2.75, 3.05) is 56.4 Å². The van der Waals surface area contributed by atoms with Crippen LogP contribution < -0.4 is 16.0 Å². The van der Waals surface area contributed by atoms with Crippen molar-refractivity contribution in [2.24, 2.45) is 0 Å². The third-order valence-electron chi connectivity index (χ3n) is 6.98. The minimum absolute atomic E-state index is 0.192. The van der Waals surface area contributed by atoms with E-state index >= 15 is 0 Å². The van der Waals surface area contributed by atoms with Gasteiger partial charge in [0.05, 0.1) is 12.2 Å². The van der Waals surface area contributed by atoms with Crippen LogP contribution in [-0.4, -0.2) is 93.8 Å². The molecule has 0 aliphatic carbocycles. The maximum atomic E-state index is 12.2. The predicted octanol–water partition coefficient (Wildman–Crippen LogP) is 5.72. The van der Waals surface area contributed by atoms with Gasteiger partial charge < -0.3 is 25.4 Å². The summed E-state index contributed by atoms with van der Waals surface area (Å²) < 4.78 is 10.7. The van der Waals surface area contributed by atoms with Crippen molar-refractivity contribution >= 4 is 41.1 Å². The van der Waals surface area contributed by atoms with Crippen LogP contribution in [0.1, 0.15) is 53.5 Å². The molecular weight excluding hydrogens is 620 g/mol. The summed E-state index contributed by atoms with van der Waals surface area (Å²) in [5.41, 5.74) is 2.44. The van der Waals surface area contributed by atoms with Crippen LogP contribution in [0.4, 0.5) is 22.2 Å². The highest BCUT2D eigenvalue weighted by Crippen LogP contribution is 2.25. The Balaban J connectivity index is 1.26. The van der Waals surface area contributed by atoms with Crippen molar-refractivity contribution in [1.29, 1.82) is 0 Å². The molecule has 1 saturated heterocycles. The number of esters is 1. The molecule has 0 saturated carbocycles. The Bertz CT molecular complexity index is 1480. The smallest absolute Gasteiger partial charge is 0.407 e. The normalized spacial score (nSPS) is 14.4. The van der Waals surface area contributed by atoms with E-state index in [2.05, 4.69) is 35.7 Å². The van der Waals surface area contributed by atoms with Crippen LogP contribution in [0, 0.1) is 0 Å². The number of pyridine rings is 1. The number of nitrogens with one attached hydrogen (secondary N) is 3. The lowest BCUT2D eigenvalue weighted by Gasteiger charge is -2.34. The average molecular weight is 667 g/mol. The van der Waals surface area contributed by atoms with Crippen LogP contribution in [0.25, 0.3) is 11.3 Å². The Labute approximate surface area is 282 Å². The number of nitrogens with zero attached hydrogens (tertiary/aromatic N) is 5. The fraction of sp³-hybridized carbons (Fsp3) is 0.500. The number of carbonyl (C=O) groups excluding carboxylic acids is 2. The molecule has 12 nitrogen and oxygen atoms in total. The number of rotatable bonds is 12. The minimum Gasteiger partial charge on any atom is -0.459 e. The molecule has 0 bridgehead atoms. The van der Waals surface area contributed by atoms with E-state index in [-0.39, 0.29) is 5.97 Å². The monoisotopic (exact) mass is 666 g/mol. The minimum atomic E-state index is -0.515. The van der Waals surface area contributed by atoms with E-state index in [1.54, 1.807) is 12.4 Å². The number of anilines is 3. The maximum absolute atomic E-state index is 12.2. The largest absolute Gasteiger partial charge is 0.459 e. The quantitative estimate of drug-likeness (QED) is 0.162. The first kappa shape index (κ1) is 35.8. The highest BCUT2D eigenvalue weighted by molar-refractivity contribution is 6.31. The molecular formula is C34H47ClN8O4. The molecule has 3 N–H and O–H groups in total. The standard InChI is InChI=1S/C34H47ClN8O4/c1-33(2,3)46-30(44)23-43-18-16-42(17-19-43)22-25-20-26(9-10-27(25)35)40-31-37-15-12-28(41-31)24-8-11-29(39-21-24)36-13-7-14-38-32(45)47-34(4,5)6/h8-12,15,20-21H,7,13-14,16-19,22-23H2,1-6H3,(H,36,39)(H,38,45)(H,37,40,41). The third kappa shape index (κ3) is 12.6. The van der Waals surface area contributed by atoms with E-state index in [0.29, 0.717) is 37.1 Å². The van der Waals surface area contributed by atoms with Gasteiger partial charge in [-0.1, -0.05) is 11.6 Å². The second-order valence-corrected chi connectivity index (χ2v) is 13.9. The van der Waals surface area contributed by atoms with Gasteiger partial charge in [0.15, 0.2) is 0 Å². The zero-order valence-corrected chi connectivity index (χ0v) is 29.0. The molecule has 1 fully saturated rings. The van der Waals surface area contributed by atoms with Crippen LogP contribution in [0.3, 0.4) is 0 Å². The van der Waals surface area contributed by atoms with Crippen molar-refractivity contribution in [1.82, 2.24) is 30.1 Å². The van der Waals surface area contributed by atoms with Gasteiger partial charge >= 0.3 is 12.1 Å². The molecule has 0 spiro atoms. The first-order chi connectivity index (χ1) is 22.2. The summed E-state index contributed by atoms with van der Waals surface area (Å²) in [6.45, 7) is 16.5. The molecule has 1 aromatic carbocycles. The summed E-state index contributed by atoms with van der Waals surface area (Å²) in [5, 5.41) is 10.0. The number of hydrogen-bond donors (Lipinski definition) is 3. The number of aromatic nitrogens is 3. The van der Waals surface area contributed by atoms with Crippen molar-refractivity contribution in [3.63, 3.8) is 0 Å². The number of piperazine rings is 1. The van der Waals surface area contributed by atoms with E-state index in [1.165, 1.54) is 0 Å². The molecule has 2 aromatic heterocycles. The predicted molar refractivity (Wildman–Crippen MR) is 185 cm³/mol. The molecule has 0 unspecified atom stereocenters. The van der Waals surface area contributed by atoms with Crippen molar-refractivity contribution in [3.8, 4) is 11.3 Å². The van der Waals surface area contributed by atoms with Gasteiger partial charge in [0.25, 0.3) is 0 Å². The highest BCUT2D eigenvalue weighted by atomic mass is 35.5. The number of amides is 1. The van der Waals surface area contributed by atoms with Crippen molar-refractivity contribution in [3.05, 3.63) is 59.4 Å². The number of hydrogen-bond acceptors (Lipinski definition) is 11. The number of alkyl carbamates (subject to hydrolysis) is 1. The molecule has 0 radical (unpaired) electrons. The number of benzene rings is 1. The molecule has 1 aliphatic heterocycles. The molecule has 254 valence electrons. The molecule has 0 atom stereocenters. The second-order valence-electron chi connectivity index (χ2n) is 13.5. The van der Waals surface area contributed by atoms with Crippen molar-refractivity contribution in [2.45, 2.75) is 65.7 Å². The average Bonchev–Trinajstić information content (AvgIpc) is 2.98. The van der Waals surface area contributed by atoms with Crippen molar-refractivity contribution < 1.29 is 19.1 Å². The zero-order chi connectivity index (χ0) is 34.0. The third-order valence-corrected chi connectivity index (χ3v) is 7.34. The number of ether oxygens (including phenoxy) is 2. The topological polar surface area (TPSA) is 134 Å². The van der Waals surface area contributed by atoms with Gasteiger partial charge in [0, 0.05) is 74.5 Å². The van der Waals surface area contributed by atoms with Crippen LogP contribution in [-0.2, 0) is 20.8 Å². The van der Waals surface area contributed by atoms with Gasteiger partial charge in [0.2, 0.25) is 5.95 Å². The van der Waals surface area contributed by atoms with E-state index in [1.807, 2.05) is 77.9 Å². The van der Waals surface area contributed by atoms with E-state index < -0.39 is 17.3 Å². The zero-order valence-electron chi connectivity index (χ0n) is 28.2. The number of halogens is 1. The molecule has 3 aromatic rings. The summed E-state index contributed by atoms with van der Waals surface area (Å²) in [6, 6.07) is 11.5. The molecule has 1 amide bonds. The van der Waals surface area contributed by atoms with Gasteiger partial charge in [-0.25, -0.2) is 19.7 Å². The fourth-order valence-corrected chi connectivity index (χ4v) is 5.02. The SMILES string of the molecule is CC(C)(C)OC(=O)CN1CCN(Cc2cc(Nc3nccc(-c4ccc(NCCCNC(=O)OC(C)(C)C)nc4)n3)ccc2Cl)CC1. The van der Waals surface area contributed by atoms with Crippen LogP contribution in [0.15, 0.2) is 48.8 Å². The summed E-state index contributed by atoms with van der Waals surface area (Å²) in [4.78, 5) is 42.0. The van der Waals surface area contributed by atoms with Crippen LogP contribution in [0.5, 0.6) is 0 Å². The van der Waals surface area contributed by atoms with Gasteiger partial charge in [0.1, 0.15) is 17.0 Å². The summed E-state index contributed by atoms with van der Waals surface area (Å²) in [5.74, 6) is 1.00. The Morgan fingerprint density at radius 2 is 1.62 bits per heavy atom. The lowest BCUT2D eigenvalue weighted by atomic mass is 10.1. The van der Waals surface area contributed by atoms with Gasteiger partial charge in [-0.3, -0.25) is 14.6 Å². The molecule has 4 rings (SSSR count). The van der Waals surface area contributed by atoms with Gasteiger partial charge in [-0.15, -0.1) is 0 Å². The van der Waals surface area contributed by atoms with Gasteiger partial charge in [-0.2, -0.15) is 0 Å². The maximum Gasteiger partial charge on any atom is 0.407 e. The Kier molecular flexibility index (Phi) is 12.4. The lowest BCUT2D eigenvalue weighted by molar-refractivity contribution is -0.156. The second kappa shape index (κ2) is 16.2. The molecule has 13 heteroatoms. The fourth-order valence-electron chi connectivity index (χ4n) is 4.84. The molecule has 47 heavy (non-hydrogen) atoms. The molecule has 3 heterocycles. The van der Waals surface area contributed by atoms with E-state index in [0.717, 1.165) is 60.9 Å². The van der Waals surface area contributed by atoms with Crippen LogP contribution in [0.2, 0.25) is 5.02 Å². The summed E-state index contributed by atoms with van der Waals surface area (Å²) in [6.07, 6.45) is 3.78. The van der Waals surface area contributed by atoms with E-state index in [9.17, 15) is 9.59 Å². The Hall–Kier alpha value is -4.00. The Morgan fingerprint density at radius 3 is 2.30 bits per heavy atom. The summed E-state index contributed by atoms with van der Waals surface area (Å²) >= 11 is 6.59. The number of carbonyl (C=O) groups is 2.